The van der Waals surface area contributed by atoms with Crippen LogP contribution < -0.4 is 26.8 Å². The van der Waals surface area contributed by atoms with Crippen LogP contribution in [0.4, 0.5) is 5.95 Å². The topological polar surface area (TPSA) is 109 Å². The van der Waals surface area contributed by atoms with E-state index >= 15 is 0 Å². The van der Waals surface area contributed by atoms with Gasteiger partial charge < -0.3 is 16.0 Å². The van der Waals surface area contributed by atoms with E-state index < -0.39 is 0 Å². The average molecular weight is 384 g/mol. The molecule has 0 saturated carbocycles. The Morgan fingerprint density at radius 2 is 2.21 bits per heavy atom. The molecule has 9 nitrogen and oxygen atoms in total. The van der Waals surface area contributed by atoms with Crippen molar-refractivity contribution in [2.24, 2.45) is 18.7 Å². The fourth-order valence-electron chi connectivity index (χ4n) is 4.82. The third-order valence-electron chi connectivity index (χ3n) is 6.31. The third kappa shape index (κ3) is 3.39. The fraction of sp³-hybridized carbons (Fsp3) is 0.632. The lowest BCUT2D eigenvalue weighted by molar-refractivity contribution is 0.265. The van der Waals surface area contributed by atoms with Crippen molar-refractivity contribution in [1.82, 2.24) is 35.9 Å². The highest BCUT2D eigenvalue weighted by Gasteiger charge is 2.42. The molecular formula is C19H29N9. The van der Waals surface area contributed by atoms with Crippen molar-refractivity contribution >= 4 is 5.95 Å². The van der Waals surface area contributed by atoms with Gasteiger partial charge in [0.05, 0.1) is 17.9 Å². The van der Waals surface area contributed by atoms with Crippen LogP contribution >= 0.6 is 0 Å². The number of fused-ring (bicyclic) bond motifs is 1. The highest BCUT2D eigenvalue weighted by Crippen LogP contribution is 2.38. The first-order valence-corrected chi connectivity index (χ1v) is 10.2. The first-order chi connectivity index (χ1) is 13.7. The first kappa shape index (κ1) is 18.0. The summed E-state index contributed by atoms with van der Waals surface area (Å²) in [6.45, 7) is 2.73. The summed E-state index contributed by atoms with van der Waals surface area (Å²) in [4.78, 5) is 11.7. The number of nitrogens with one attached hydrogen (secondary N) is 3. The molecule has 3 fully saturated rings. The zero-order valence-corrected chi connectivity index (χ0v) is 16.3. The summed E-state index contributed by atoms with van der Waals surface area (Å²) in [6, 6.07) is 3.13. The Kier molecular flexibility index (Phi) is 4.75. The lowest BCUT2D eigenvalue weighted by atomic mass is 9.82. The molecule has 5 rings (SSSR count). The molecule has 3 aliphatic heterocycles. The lowest BCUT2D eigenvalue weighted by Gasteiger charge is -2.34. The summed E-state index contributed by atoms with van der Waals surface area (Å²) in [5.74, 6) is 1.26. The molecule has 0 aromatic carbocycles. The number of rotatable bonds is 3. The van der Waals surface area contributed by atoms with Crippen molar-refractivity contribution in [2.75, 3.05) is 24.5 Å². The van der Waals surface area contributed by atoms with E-state index in [1.54, 1.807) is 0 Å². The molecule has 2 aromatic heterocycles. The van der Waals surface area contributed by atoms with E-state index in [2.05, 4.69) is 37.3 Å². The molecule has 5 atom stereocenters. The summed E-state index contributed by atoms with van der Waals surface area (Å²) < 4.78 is 1.87. The SMILES string of the molecule is Cn1cc(C2CC3C(CN2)NNC3c2ccnc(N3CCC[C@H](N)C3)n2)cn1. The van der Waals surface area contributed by atoms with Crippen molar-refractivity contribution in [1.29, 1.82) is 0 Å². The standard InChI is InChI=1S/C19H29N9/c1-27-10-12(8-23-27)16-7-14-17(9-22-16)25-26-18(14)15-4-5-21-19(24-15)28-6-2-3-13(20)11-28/h4-5,8,10,13-14,16-18,22,25-26H,2-3,6-7,9,11,20H2,1H3/t13-,14?,16?,17?,18?/m0/s1. The zero-order valence-electron chi connectivity index (χ0n) is 16.3. The molecule has 0 aliphatic carbocycles. The van der Waals surface area contributed by atoms with E-state index in [9.17, 15) is 0 Å². The van der Waals surface area contributed by atoms with Gasteiger partial charge in [-0.25, -0.2) is 15.4 Å². The second-order valence-corrected chi connectivity index (χ2v) is 8.31. The third-order valence-corrected chi connectivity index (χ3v) is 6.31. The molecule has 9 heteroatoms. The molecule has 3 saturated heterocycles. The number of aromatic nitrogens is 4. The summed E-state index contributed by atoms with van der Waals surface area (Å²) in [7, 11) is 1.96. The monoisotopic (exact) mass is 383 g/mol. The van der Waals surface area contributed by atoms with E-state index in [0.29, 0.717) is 18.0 Å². The van der Waals surface area contributed by atoms with Gasteiger partial charge in [0.1, 0.15) is 0 Å². The van der Waals surface area contributed by atoms with Gasteiger partial charge in [-0.3, -0.25) is 10.1 Å². The molecular weight excluding hydrogens is 354 g/mol. The van der Waals surface area contributed by atoms with Crippen LogP contribution in [0.25, 0.3) is 0 Å². The maximum atomic E-state index is 6.15. The summed E-state index contributed by atoms with van der Waals surface area (Å²) in [6.07, 6.45) is 9.16. The number of hydrazine groups is 1. The van der Waals surface area contributed by atoms with Crippen molar-refractivity contribution in [3.63, 3.8) is 0 Å². The van der Waals surface area contributed by atoms with Crippen LogP contribution in [0, 0.1) is 5.92 Å². The Morgan fingerprint density at radius 1 is 1.29 bits per heavy atom. The molecule has 4 unspecified atom stereocenters. The highest BCUT2D eigenvalue weighted by atomic mass is 15.4. The second-order valence-electron chi connectivity index (χ2n) is 8.31. The van der Waals surface area contributed by atoms with Gasteiger partial charge >= 0.3 is 0 Å². The van der Waals surface area contributed by atoms with Gasteiger partial charge in [-0.05, 0) is 25.3 Å². The van der Waals surface area contributed by atoms with Crippen molar-refractivity contribution in [3.8, 4) is 0 Å². The van der Waals surface area contributed by atoms with Crippen molar-refractivity contribution in [3.05, 3.63) is 35.9 Å². The minimum absolute atomic E-state index is 0.173. The number of nitrogens with zero attached hydrogens (tertiary/aromatic N) is 5. The number of anilines is 1. The smallest absolute Gasteiger partial charge is 0.225 e. The van der Waals surface area contributed by atoms with Crippen LogP contribution in [0.15, 0.2) is 24.7 Å². The molecule has 5 N–H and O–H groups in total. The van der Waals surface area contributed by atoms with Crippen LogP contribution in [0.3, 0.4) is 0 Å². The van der Waals surface area contributed by atoms with E-state index in [4.69, 9.17) is 10.7 Å². The van der Waals surface area contributed by atoms with Crippen LogP contribution in [0.1, 0.15) is 42.6 Å². The maximum absolute atomic E-state index is 6.15. The lowest BCUT2D eigenvalue weighted by Crippen LogP contribution is -2.46. The molecule has 0 radical (unpaired) electrons. The minimum atomic E-state index is 0.173. The summed E-state index contributed by atoms with van der Waals surface area (Å²) >= 11 is 0. The van der Waals surface area contributed by atoms with Crippen LogP contribution in [0.2, 0.25) is 0 Å². The van der Waals surface area contributed by atoms with Crippen molar-refractivity contribution < 1.29 is 0 Å². The molecule has 3 aliphatic rings. The van der Waals surface area contributed by atoms with E-state index in [0.717, 1.165) is 50.5 Å². The van der Waals surface area contributed by atoms with Crippen LogP contribution in [0.5, 0.6) is 0 Å². The van der Waals surface area contributed by atoms with E-state index in [1.807, 2.05) is 30.2 Å². The molecule has 0 amide bonds. The van der Waals surface area contributed by atoms with Crippen LogP contribution in [-0.2, 0) is 7.05 Å². The molecule has 2 aromatic rings. The maximum Gasteiger partial charge on any atom is 0.225 e. The molecule has 150 valence electrons. The molecule has 0 spiro atoms. The van der Waals surface area contributed by atoms with Gasteiger partial charge in [0, 0.05) is 68.7 Å². The van der Waals surface area contributed by atoms with Gasteiger partial charge in [-0.2, -0.15) is 5.10 Å². The predicted octanol–water partition coefficient (Wildman–Crippen LogP) is 0.00590. The summed E-state index contributed by atoms with van der Waals surface area (Å²) in [5.41, 5.74) is 15.4. The Hall–Kier alpha value is -2.07. The average Bonchev–Trinajstić information content (AvgIpc) is 3.34. The van der Waals surface area contributed by atoms with Crippen LogP contribution in [-0.4, -0.2) is 51.5 Å². The fourth-order valence-corrected chi connectivity index (χ4v) is 4.82. The number of piperidine rings is 2. The Balaban J connectivity index is 1.35. The number of nitrogens with two attached hydrogens (primary N) is 1. The molecule has 0 bridgehead atoms. The second kappa shape index (κ2) is 7.40. The minimum Gasteiger partial charge on any atom is -0.339 e. The zero-order chi connectivity index (χ0) is 19.1. The van der Waals surface area contributed by atoms with E-state index in [-0.39, 0.29) is 12.1 Å². The number of hydrogen-bond donors (Lipinski definition) is 4. The van der Waals surface area contributed by atoms with Gasteiger partial charge in [0.2, 0.25) is 5.95 Å². The highest BCUT2D eigenvalue weighted by molar-refractivity contribution is 5.33. The normalized spacial score (nSPS) is 33.1. The van der Waals surface area contributed by atoms with Gasteiger partial charge in [-0.1, -0.05) is 0 Å². The quantitative estimate of drug-likeness (QED) is 0.587. The summed E-state index contributed by atoms with van der Waals surface area (Å²) in [5, 5.41) is 7.98. The predicted molar refractivity (Wildman–Crippen MR) is 106 cm³/mol. The molecule has 28 heavy (non-hydrogen) atoms. The number of hydrogen-bond acceptors (Lipinski definition) is 8. The van der Waals surface area contributed by atoms with Gasteiger partial charge in [0.25, 0.3) is 0 Å². The van der Waals surface area contributed by atoms with E-state index in [1.165, 1.54) is 5.56 Å². The Morgan fingerprint density at radius 3 is 3.04 bits per heavy atom. The van der Waals surface area contributed by atoms with Crippen molar-refractivity contribution in [2.45, 2.75) is 43.4 Å². The number of aryl methyl sites for hydroxylation is 1. The van der Waals surface area contributed by atoms with Gasteiger partial charge in [-0.15, -0.1) is 0 Å². The molecule has 5 heterocycles. The Labute approximate surface area is 165 Å². The largest absolute Gasteiger partial charge is 0.339 e. The van der Waals surface area contributed by atoms with Gasteiger partial charge in [0.15, 0.2) is 0 Å². The first-order valence-electron chi connectivity index (χ1n) is 10.2. The Bertz CT molecular complexity index is 821.